The highest BCUT2D eigenvalue weighted by Gasteiger charge is 2.45. The van der Waals surface area contributed by atoms with Gasteiger partial charge in [-0.1, -0.05) is 30.7 Å². The summed E-state index contributed by atoms with van der Waals surface area (Å²) >= 11 is 0. The third-order valence-electron chi connectivity index (χ3n) is 5.70. The van der Waals surface area contributed by atoms with Gasteiger partial charge in [0.15, 0.2) is 5.78 Å². The summed E-state index contributed by atoms with van der Waals surface area (Å²) in [5, 5.41) is 0. The molecule has 0 atom stereocenters. The fourth-order valence-corrected chi connectivity index (χ4v) is 4.14. The number of carbonyl (C=O) groups excluding carboxylic acids is 2. The van der Waals surface area contributed by atoms with E-state index >= 15 is 0 Å². The van der Waals surface area contributed by atoms with Crippen LogP contribution in [0.3, 0.4) is 0 Å². The van der Waals surface area contributed by atoms with E-state index in [0.717, 1.165) is 42.4 Å². The number of hydrogen-bond donors (Lipinski definition) is 0. The van der Waals surface area contributed by atoms with Gasteiger partial charge in [0, 0.05) is 23.5 Å². The third-order valence-corrected chi connectivity index (χ3v) is 5.70. The van der Waals surface area contributed by atoms with Crippen LogP contribution in [0.5, 0.6) is 0 Å². The van der Waals surface area contributed by atoms with E-state index in [4.69, 9.17) is 4.74 Å². The first-order chi connectivity index (χ1) is 13.1. The molecule has 2 aliphatic rings. The zero-order valence-electron chi connectivity index (χ0n) is 15.6. The number of benzene rings is 1. The Bertz CT molecular complexity index is 854. The van der Waals surface area contributed by atoms with Gasteiger partial charge in [0.05, 0.1) is 13.1 Å². The number of Topliss-reactive ketones (excluding diaryl/α,β-unsaturated/α-hetero) is 1. The van der Waals surface area contributed by atoms with Gasteiger partial charge in [0.2, 0.25) is 0 Å². The average molecular weight is 364 g/mol. The van der Waals surface area contributed by atoms with Crippen LogP contribution in [0, 0.1) is 6.92 Å². The van der Waals surface area contributed by atoms with E-state index < -0.39 is 0 Å². The van der Waals surface area contributed by atoms with E-state index in [0.29, 0.717) is 12.1 Å². The zero-order chi connectivity index (χ0) is 18.9. The predicted molar refractivity (Wildman–Crippen MR) is 103 cm³/mol. The van der Waals surface area contributed by atoms with Crippen LogP contribution in [0.25, 0.3) is 11.1 Å². The maximum atomic E-state index is 12.7. The lowest BCUT2D eigenvalue weighted by Gasteiger charge is -2.30. The van der Waals surface area contributed by atoms with Crippen molar-refractivity contribution in [2.24, 2.45) is 0 Å². The van der Waals surface area contributed by atoms with Gasteiger partial charge >= 0.3 is 6.09 Å². The second-order valence-corrected chi connectivity index (χ2v) is 7.66. The molecule has 5 nitrogen and oxygen atoms in total. The molecular weight excluding hydrogens is 340 g/mol. The molecule has 1 saturated heterocycles. The highest BCUT2D eigenvalue weighted by atomic mass is 16.6. The lowest BCUT2D eigenvalue weighted by Crippen LogP contribution is -2.38. The molecule has 1 amide bonds. The average Bonchev–Trinajstić information content (AvgIpc) is 2.97. The van der Waals surface area contributed by atoms with E-state index in [1.165, 1.54) is 6.42 Å². The Morgan fingerprint density at radius 1 is 1.15 bits per heavy atom. The normalized spacial score (nSPS) is 18.6. The van der Waals surface area contributed by atoms with Crippen LogP contribution in [-0.2, 0) is 4.74 Å². The van der Waals surface area contributed by atoms with Crippen LogP contribution in [-0.4, -0.2) is 40.5 Å². The molecule has 1 aromatic heterocycles. The number of aromatic nitrogens is 1. The minimum atomic E-state index is -0.364. The Balaban J connectivity index is 1.44. The first-order valence-electron chi connectivity index (χ1n) is 9.59. The predicted octanol–water partition coefficient (Wildman–Crippen LogP) is 4.39. The van der Waals surface area contributed by atoms with Crippen LogP contribution in [0.1, 0.15) is 48.0 Å². The van der Waals surface area contributed by atoms with Crippen LogP contribution >= 0.6 is 0 Å². The van der Waals surface area contributed by atoms with Gasteiger partial charge in [0.25, 0.3) is 0 Å². The Kier molecular flexibility index (Phi) is 4.68. The molecule has 1 aliphatic heterocycles. The van der Waals surface area contributed by atoms with E-state index in [2.05, 4.69) is 4.98 Å². The minimum Gasteiger partial charge on any atom is -0.441 e. The Labute approximate surface area is 159 Å². The van der Waals surface area contributed by atoms with Crippen LogP contribution in [0.4, 0.5) is 4.79 Å². The topological polar surface area (TPSA) is 59.5 Å². The van der Waals surface area contributed by atoms with E-state index in [1.54, 1.807) is 11.1 Å². The first kappa shape index (κ1) is 17.7. The summed E-state index contributed by atoms with van der Waals surface area (Å²) < 4.78 is 5.66. The number of ketones is 1. The number of hydrogen-bond acceptors (Lipinski definition) is 4. The highest BCUT2D eigenvalue weighted by Crippen LogP contribution is 2.37. The number of pyridine rings is 1. The van der Waals surface area contributed by atoms with E-state index in [-0.39, 0.29) is 24.0 Å². The molecule has 140 valence electrons. The molecule has 0 radical (unpaired) electrons. The third kappa shape index (κ3) is 3.59. The quantitative estimate of drug-likeness (QED) is 0.755. The number of amides is 1. The Morgan fingerprint density at radius 2 is 1.89 bits per heavy atom. The van der Waals surface area contributed by atoms with Crippen molar-refractivity contribution in [2.45, 2.75) is 44.6 Å². The van der Waals surface area contributed by atoms with Gasteiger partial charge in [-0.15, -0.1) is 0 Å². The molecule has 0 bridgehead atoms. The molecule has 5 heteroatoms. The lowest BCUT2D eigenvalue weighted by atomic mass is 9.85. The van der Waals surface area contributed by atoms with Crippen molar-refractivity contribution in [1.29, 1.82) is 0 Å². The highest BCUT2D eigenvalue weighted by molar-refractivity contribution is 5.99. The maximum Gasteiger partial charge on any atom is 0.410 e. The number of ether oxygens (including phenoxy) is 1. The lowest BCUT2D eigenvalue weighted by molar-refractivity contribution is 0.0260. The van der Waals surface area contributed by atoms with E-state index in [9.17, 15) is 9.59 Å². The summed E-state index contributed by atoms with van der Waals surface area (Å²) in [6.07, 6.45) is 8.43. The summed E-state index contributed by atoms with van der Waals surface area (Å²) in [6.45, 7) is 2.65. The first-order valence-corrected chi connectivity index (χ1v) is 9.59. The van der Waals surface area contributed by atoms with Crippen molar-refractivity contribution in [2.75, 3.05) is 13.1 Å². The summed E-state index contributed by atoms with van der Waals surface area (Å²) in [5.41, 5.74) is 3.47. The molecule has 1 aliphatic carbocycles. The van der Waals surface area contributed by atoms with Gasteiger partial charge in [-0.05, 0) is 49.8 Å². The van der Waals surface area contributed by atoms with Gasteiger partial charge in [-0.3, -0.25) is 14.7 Å². The Morgan fingerprint density at radius 3 is 2.59 bits per heavy atom. The number of carbonyl (C=O) groups is 2. The number of rotatable bonds is 4. The molecule has 2 aromatic rings. The van der Waals surface area contributed by atoms with E-state index in [1.807, 2.05) is 43.5 Å². The molecule has 0 unspecified atom stereocenters. The second-order valence-electron chi connectivity index (χ2n) is 7.66. The molecular formula is C22H24N2O3. The summed E-state index contributed by atoms with van der Waals surface area (Å²) in [6, 6.07) is 9.47. The molecule has 1 saturated carbocycles. The Hall–Kier alpha value is -2.69. The summed E-state index contributed by atoms with van der Waals surface area (Å²) in [7, 11) is 0. The van der Waals surface area contributed by atoms with Gasteiger partial charge < -0.3 is 4.74 Å². The van der Waals surface area contributed by atoms with Crippen molar-refractivity contribution >= 4 is 11.9 Å². The number of aryl methyl sites for hydroxylation is 1. The van der Waals surface area contributed by atoms with Gasteiger partial charge in [-0.25, -0.2) is 4.79 Å². The smallest absolute Gasteiger partial charge is 0.410 e. The molecule has 27 heavy (non-hydrogen) atoms. The number of nitrogens with zero attached hydrogens (tertiary/aromatic N) is 2. The van der Waals surface area contributed by atoms with Crippen molar-refractivity contribution in [3.05, 3.63) is 53.9 Å². The second kappa shape index (κ2) is 7.14. The summed E-state index contributed by atoms with van der Waals surface area (Å²) in [4.78, 5) is 30.6. The standard InChI is InChI=1S/C22H24N2O3/c1-16-9-12-23-13-19(16)17-5-7-18(8-6-17)20(25)14-24-15-22(27-21(24)26)10-3-2-4-11-22/h5-9,12-13H,2-4,10-11,14-15H2,1H3. The molecule has 0 N–H and O–H groups in total. The SMILES string of the molecule is Cc1ccncc1-c1ccc(C(=O)CN2CC3(CCCCC3)OC2=O)cc1. The fraction of sp³-hybridized carbons (Fsp3) is 0.409. The molecule has 1 spiro atoms. The summed E-state index contributed by atoms with van der Waals surface area (Å²) in [5.74, 6) is -0.0609. The van der Waals surface area contributed by atoms with Crippen molar-refractivity contribution in [3.63, 3.8) is 0 Å². The van der Waals surface area contributed by atoms with Crippen molar-refractivity contribution in [3.8, 4) is 11.1 Å². The molecule has 2 fully saturated rings. The monoisotopic (exact) mass is 364 g/mol. The zero-order valence-corrected chi connectivity index (χ0v) is 15.6. The van der Waals surface area contributed by atoms with Crippen LogP contribution in [0.15, 0.2) is 42.7 Å². The fourth-order valence-electron chi connectivity index (χ4n) is 4.14. The minimum absolute atomic E-state index is 0.0609. The van der Waals surface area contributed by atoms with Crippen molar-refractivity contribution < 1.29 is 14.3 Å². The molecule has 1 aromatic carbocycles. The van der Waals surface area contributed by atoms with Gasteiger partial charge in [0.1, 0.15) is 5.60 Å². The van der Waals surface area contributed by atoms with Crippen molar-refractivity contribution in [1.82, 2.24) is 9.88 Å². The maximum absolute atomic E-state index is 12.7. The van der Waals surface area contributed by atoms with Crippen LogP contribution in [0.2, 0.25) is 0 Å². The molecule has 4 rings (SSSR count). The largest absolute Gasteiger partial charge is 0.441 e. The molecule has 2 heterocycles. The van der Waals surface area contributed by atoms with Gasteiger partial charge in [-0.2, -0.15) is 0 Å². The van der Waals surface area contributed by atoms with Crippen LogP contribution < -0.4 is 0 Å².